The lowest BCUT2D eigenvalue weighted by Gasteiger charge is -2.17. The zero-order valence-corrected chi connectivity index (χ0v) is 14.0. The van der Waals surface area contributed by atoms with Crippen LogP contribution in [0.2, 0.25) is 0 Å². The summed E-state index contributed by atoms with van der Waals surface area (Å²) in [5.74, 6) is 0.484. The first-order valence-corrected chi connectivity index (χ1v) is 7.53. The summed E-state index contributed by atoms with van der Waals surface area (Å²) in [7, 11) is 0. The van der Waals surface area contributed by atoms with Crippen LogP contribution in [0.1, 0.15) is 30.6 Å². The molecule has 0 spiro atoms. The molecule has 5 heteroatoms. The van der Waals surface area contributed by atoms with Gasteiger partial charge in [-0.3, -0.25) is 0 Å². The van der Waals surface area contributed by atoms with Crippen molar-refractivity contribution in [2.24, 2.45) is 0 Å². The van der Waals surface area contributed by atoms with Gasteiger partial charge >= 0.3 is 0 Å². The van der Waals surface area contributed by atoms with Crippen molar-refractivity contribution < 1.29 is 15.3 Å². The lowest BCUT2D eigenvalue weighted by Crippen LogP contribution is -2.30. The molecule has 0 bridgehead atoms. The summed E-state index contributed by atoms with van der Waals surface area (Å²) in [6.45, 7) is 2.56. The highest BCUT2D eigenvalue weighted by atomic mass is 35.5. The number of nitrogens with one attached hydrogen (secondary N) is 1. The van der Waals surface area contributed by atoms with Crippen LogP contribution in [-0.2, 0) is 6.42 Å². The molecule has 2 atom stereocenters. The molecule has 0 fully saturated rings. The van der Waals surface area contributed by atoms with E-state index in [0.29, 0.717) is 6.54 Å². The first kappa shape index (κ1) is 19.3. The van der Waals surface area contributed by atoms with E-state index in [-0.39, 0.29) is 29.9 Å². The maximum atomic E-state index is 10.1. The van der Waals surface area contributed by atoms with E-state index >= 15 is 0 Å². The summed E-state index contributed by atoms with van der Waals surface area (Å²) in [5, 5.41) is 31.9. The minimum atomic E-state index is -0.586. The van der Waals surface area contributed by atoms with Gasteiger partial charge in [0.15, 0.2) is 0 Å². The number of aliphatic hydroxyl groups is 1. The van der Waals surface area contributed by atoms with Crippen LogP contribution in [0.15, 0.2) is 48.5 Å². The Balaban J connectivity index is 0.00000264. The van der Waals surface area contributed by atoms with Gasteiger partial charge in [-0.15, -0.1) is 12.4 Å². The summed E-state index contributed by atoms with van der Waals surface area (Å²) in [6.07, 6.45) is 1.29. The fourth-order valence-corrected chi connectivity index (χ4v) is 2.27. The van der Waals surface area contributed by atoms with Gasteiger partial charge in [0.25, 0.3) is 0 Å². The van der Waals surface area contributed by atoms with Crippen molar-refractivity contribution in [2.75, 3.05) is 6.54 Å². The van der Waals surface area contributed by atoms with E-state index in [4.69, 9.17) is 0 Å². The molecule has 126 valence electrons. The molecule has 4 N–H and O–H groups in total. The van der Waals surface area contributed by atoms with Crippen molar-refractivity contribution in [2.45, 2.75) is 31.9 Å². The highest BCUT2D eigenvalue weighted by molar-refractivity contribution is 5.85. The molecule has 23 heavy (non-hydrogen) atoms. The molecule has 0 aromatic heterocycles. The summed E-state index contributed by atoms with van der Waals surface area (Å²) in [6, 6.07) is 14.1. The Morgan fingerprint density at radius 3 is 2.00 bits per heavy atom. The molecule has 0 saturated carbocycles. The Labute approximate surface area is 143 Å². The number of aliphatic hydroxyl groups excluding tert-OH is 1. The largest absolute Gasteiger partial charge is 0.508 e. The normalized spacial score (nSPS) is 13.1. The molecule has 1 unspecified atom stereocenters. The van der Waals surface area contributed by atoms with E-state index in [1.165, 1.54) is 5.56 Å². The number of phenolic OH excluding ortho intramolecular Hbond substituents is 2. The van der Waals surface area contributed by atoms with E-state index in [9.17, 15) is 15.3 Å². The number of halogens is 1. The molecule has 2 rings (SSSR count). The average Bonchev–Trinajstić information content (AvgIpc) is 2.52. The second-order valence-corrected chi connectivity index (χ2v) is 5.62. The maximum Gasteiger partial charge on any atom is 0.115 e. The second kappa shape index (κ2) is 9.40. The van der Waals surface area contributed by atoms with Gasteiger partial charge in [0.05, 0.1) is 6.10 Å². The monoisotopic (exact) mass is 337 g/mol. The maximum absolute atomic E-state index is 10.1. The minimum absolute atomic E-state index is 0. The fraction of sp³-hybridized carbons (Fsp3) is 0.333. The third kappa shape index (κ3) is 6.48. The molecule has 4 nitrogen and oxygen atoms in total. The van der Waals surface area contributed by atoms with Crippen LogP contribution in [0.3, 0.4) is 0 Å². The standard InChI is InChI=1S/C18H23NO3.ClH/c1-13(2-3-14-4-8-16(20)9-5-14)19-12-18(22)15-6-10-17(21)11-7-15;/h4-11,13,18-22H,2-3,12H2,1H3;1H/t13?,18-;/m0./s1. The van der Waals surface area contributed by atoms with E-state index in [1.54, 1.807) is 36.4 Å². The van der Waals surface area contributed by atoms with E-state index < -0.39 is 6.10 Å². The third-order valence-corrected chi connectivity index (χ3v) is 3.74. The highest BCUT2D eigenvalue weighted by Crippen LogP contribution is 2.16. The summed E-state index contributed by atoms with van der Waals surface area (Å²) in [4.78, 5) is 0. The van der Waals surface area contributed by atoms with Crippen molar-refractivity contribution in [1.29, 1.82) is 0 Å². The number of aromatic hydroxyl groups is 2. The predicted molar refractivity (Wildman–Crippen MR) is 94.2 cm³/mol. The SMILES string of the molecule is CC(CCc1ccc(O)cc1)NC[C@H](O)c1ccc(O)cc1.Cl. The Morgan fingerprint density at radius 2 is 1.43 bits per heavy atom. The summed E-state index contributed by atoms with van der Waals surface area (Å²) < 4.78 is 0. The average molecular weight is 338 g/mol. The number of hydrogen-bond acceptors (Lipinski definition) is 4. The van der Waals surface area contributed by atoms with Gasteiger partial charge in [0.1, 0.15) is 11.5 Å². The van der Waals surface area contributed by atoms with Gasteiger partial charge in [-0.1, -0.05) is 24.3 Å². The summed E-state index contributed by atoms with van der Waals surface area (Å²) >= 11 is 0. The molecular formula is C18H24ClNO3. The van der Waals surface area contributed by atoms with Crippen molar-refractivity contribution >= 4 is 12.4 Å². The van der Waals surface area contributed by atoms with Crippen LogP contribution < -0.4 is 5.32 Å². The van der Waals surface area contributed by atoms with Crippen molar-refractivity contribution in [3.8, 4) is 11.5 Å². The van der Waals surface area contributed by atoms with Gasteiger partial charge in [-0.25, -0.2) is 0 Å². The van der Waals surface area contributed by atoms with E-state index in [2.05, 4.69) is 12.2 Å². The smallest absolute Gasteiger partial charge is 0.115 e. The molecule has 0 radical (unpaired) electrons. The number of hydrogen-bond donors (Lipinski definition) is 4. The highest BCUT2D eigenvalue weighted by Gasteiger charge is 2.09. The first-order chi connectivity index (χ1) is 10.5. The van der Waals surface area contributed by atoms with Crippen molar-refractivity contribution in [1.82, 2.24) is 5.32 Å². The van der Waals surface area contributed by atoms with Gasteiger partial charge in [0.2, 0.25) is 0 Å². The van der Waals surface area contributed by atoms with Crippen LogP contribution >= 0.6 is 12.4 Å². The number of aryl methyl sites for hydroxylation is 1. The molecule has 0 aliphatic carbocycles. The fourth-order valence-electron chi connectivity index (χ4n) is 2.27. The van der Waals surface area contributed by atoms with Gasteiger partial charge in [-0.05, 0) is 55.2 Å². The summed E-state index contributed by atoms with van der Waals surface area (Å²) in [5.41, 5.74) is 1.97. The molecule has 0 amide bonds. The molecular weight excluding hydrogens is 314 g/mol. The van der Waals surface area contributed by atoms with Crippen molar-refractivity contribution in [3.05, 3.63) is 59.7 Å². The Hall–Kier alpha value is -1.75. The predicted octanol–water partition coefficient (Wildman–Crippen LogP) is 3.16. The third-order valence-electron chi connectivity index (χ3n) is 3.74. The molecule has 2 aromatic rings. The zero-order chi connectivity index (χ0) is 15.9. The van der Waals surface area contributed by atoms with Gasteiger partial charge in [0, 0.05) is 12.6 Å². The van der Waals surface area contributed by atoms with Crippen LogP contribution in [-0.4, -0.2) is 27.9 Å². The number of benzene rings is 2. The number of rotatable bonds is 7. The van der Waals surface area contributed by atoms with Gasteiger partial charge < -0.3 is 20.6 Å². The lowest BCUT2D eigenvalue weighted by molar-refractivity contribution is 0.170. The molecule has 0 aliphatic rings. The lowest BCUT2D eigenvalue weighted by atomic mass is 10.1. The molecule has 0 heterocycles. The molecule has 0 aliphatic heterocycles. The molecule has 2 aromatic carbocycles. The second-order valence-electron chi connectivity index (χ2n) is 5.62. The minimum Gasteiger partial charge on any atom is -0.508 e. The Kier molecular flexibility index (Phi) is 7.89. The van der Waals surface area contributed by atoms with Crippen LogP contribution in [0.4, 0.5) is 0 Å². The van der Waals surface area contributed by atoms with Gasteiger partial charge in [-0.2, -0.15) is 0 Å². The zero-order valence-electron chi connectivity index (χ0n) is 13.1. The van der Waals surface area contributed by atoms with E-state index in [1.807, 2.05) is 12.1 Å². The van der Waals surface area contributed by atoms with E-state index in [0.717, 1.165) is 18.4 Å². The quantitative estimate of drug-likeness (QED) is 0.626. The Morgan fingerprint density at radius 1 is 0.913 bits per heavy atom. The molecule has 0 saturated heterocycles. The Bertz CT molecular complexity index is 572. The topological polar surface area (TPSA) is 72.7 Å². The van der Waals surface area contributed by atoms with Crippen molar-refractivity contribution in [3.63, 3.8) is 0 Å². The number of phenols is 2. The van der Waals surface area contributed by atoms with Crippen LogP contribution in [0.25, 0.3) is 0 Å². The first-order valence-electron chi connectivity index (χ1n) is 7.53. The van der Waals surface area contributed by atoms with Crippen LogP contribution in [0.5, 0.6) is 11.5 Å². The van der Waals surface area contributed by atoms with Crippen LogP contribution in [0, 0.1) is 0 Å².